The van der Waals surface area contributed by atoms with Crippen LogP contribution in [0.2, 0.25) is 0 Å². The van der Waals surface area contributed by atoms with E-state index in [1.54, 1.807) is 0 Å². The van der Waals surface area contributed by atoms with E-state index in [0.717, 1.165) is 19.6 Å². The molecule has 0 rings (SSSR count). The average Bonchev–Trinajstić information content (AvgIpc) is 1.98. The lowest BCUT2D eigenvalue weighted by Gasteiger charge is -2.17. The Morgan fingerprint density at radius 2 is 1.82 bits per heavy atom. The third kappa shape index (κ3) is 6.66. The standard InChI is InChI=1S/C6H16NO3P/c1-3-7(4-2)5-6-10-11(8)9/h8-9H,3-6H2,1-2H3. The Labute approximate surface area is 68.8 Å². The first-order valence-electron chi connectivity index (χ1n) is 3.73. The fourth-order valence-electron chi connectivity index (χ4n) is 0.791. The summed E-state index contributed by atoms with van der Waals surface area (Å²) >= 11 is 0. The minimum atomic E-state index is -2.17. The molecule has 0 amide bonds. The van der Waals surface area contributed by atoms with Gasteiger partial charge in [0.15, 0.2) is 0 Å². The van der Waals surface area contributed by atoms with Crippen molar-refractivity contribution in [2.45, 2.75) is 13.8 Å². The maximum atomic E-state index is 8.39. The first kappa shape index (κ1) is 11.3. The van der Waals surface area contributed by atoms with Gasteiger partial charge in [0.2, 0.25) is 0 Å². The van der Waals surface area contributed by atoms with Crippen molar-refractivity contribution in [2.75, 3.05) is 26.2 Å². The van der Waals surface area contributed by atoms with Crippen molar-refractivity contribution >= 4 is 8.60 Å². The number of likely N-dealkylation sites (N-methyl/N-ethyl adjacent to an activating group) is 1. The van der Waals surface area contributed by atoms with Gasteiger partial charge in [-0.3, -0.25) is 0 Å². The summed E-state index contributed by atoms with van der Waals surface area (Å²) in [5.74, 6) is 0. The zero-order valence-corrected chi connectivity index (χ0v) is 7.92. The molecule has 0 aliphatic rings. The average molecular weight is 181 g/mol. The van der Waals surface area contributed by atoms with Gasteiger partial charge in [-0.2, -0.15) is 0 Å². The molecule has 4 nitrogen and oxygen atoms in total. The quantitative estimate of drug-likeness (QED) is 0.588. The highest BCUT2D eigenvalue weighted by Gasteiger charge is 2.01. The molecule has 2 N–H and O–H groups in total. The summed E-state index contributed by atoms with van der Waals surface area (Å²) in [4.78, 5) is 18.9. The van der Waals surface area contributed by atoms with Crippen LogP contribution < -0.4 is 0 Å². The molecule has 5 heteroatoms. The Hall–Kier alpha value is 0.270. The van der Waals surface area contributed by atoms with Gasteiger partial charge >= 0.3 is 8.60 Å². The molecular weight excluding hydrogens is 165 g/mol. The van der Waals surface area contributed by atoms with Gasteiger partial charge in [-0.15, -0.1) is 0 Å². The first-order chi connectivity index (χ1) is 5.20. The van der Waals surface area contributed by atoms with Crippen molar-refractivity contribution in [1.82, 2.24) is 4.90 Å². The highest BCUT2D eigenvalue weighted by atomic mass is 31.2. The summed E-state index contributed by atoms with van der Waals surface area (Å²) in [7, 11) is -2.17. The molecule has 0 unspecified atom stereocenters. The normalized spacial score (nSPS) is 11.5. The number of hydrogen-bond acceptors (Lipinski definition) is 4. The zero-order valence-electron chi connectivity index (χ0n) is 7.03. The van der Waals surface area contributed by atoms with Crippen LogP contribution in [-0.2, 0) is 4.52 Å². The highest BCUT2D eigenvalue weighted by molar-refractivity contribution is 7.39. The van der Waals surface area contributed by atoms with Crippen LogP contribution in [0.5, 0.6) is 0 Å². The predicted octanol–water partition coefficient (Wildman–Crippen LogP) is 0.556. The molecular formula is C6H16NO3P. The SMILES string of the molecule is CCN(CC)CCOP(O)O. The third-order valence-corrected chi connectivity index (χ3v) is 1.92. The molecule has 0 aromatic rings. The van der Waals surface area contributed by atoms with Gasteiger partial charge in [0.25, 0.3) is 0 Å². The monoisotopic (exact) mass is 181 g/mol. The molecule has 0 aromatic heterocycles. The minimum Gasteiger partial charge on any atom is -0.328 e. The predicted molar refractivity (Wildman–Crippen MR) is 45.1 cm³/mol. The minimum absolute atomic E-state index is 0.389. The summed E-state index contributed by atoms with van der Waals surface area (Å²) in [6.45, 7) is 7.20. The molecule has 11 heavy (non-hydrogen) atoms. The number of hydrogen-bond donors (Lipinski definition) is 2. The summed E-state index contributed by atoms with van der Waals surface area (Å²) in [6.07, 6.45) is 0. The molecule has 0 saturated carbocycles. The molecule has 0 bridgehead atoms. The summed E-state index contributed by atoms with van der Waals surface area (Å²) < 4.78 is 4.61. The summed E-state index contributed by atoms with van der Waals surface area (Å²) in [5, 5.41) is 0. The van der Waals surface area contributed by atoms with Crippen LogP contribution in [0.3, 0.4) is 0 Å². The lowest BCUT2D eigenvalue weighted by molar-refractivity contribution is 0.200. The van der Waals surface area contributed by atoms with E-state index < -0.39 is 8.60 Å². The molecule has 0 radical (unpaired) electrons. The van der Waals surface area contributed by atoms with Crippen molar-refractivity contribution in [3.05, 3.63) is 0 Å². The molecule has 0 atom stereocenters. The van der Waals surface area contributed by atoms with Crippen molar-refractivity contribution in [2.24, 2.45) is 0 Å². The zero-order chi connectivity index (χ0) is 8.69. The topological polar surface area (TPSA) is 52.9 Å². The Balaban J connectivity index is 3.21. The molecule has 0 saturated heterocycles. The van der Waals surface area contributed by atoms with Crippen molar-refractivity contribution in [1.29, 1.82) is 0 Å². The molecule has 68 valence electrons. The Bertz CT molecular complexity index is 87.9. The summed E-state index contributed by atoms with van der Waals surface area (Å²) in [6, 6.07) is 0. The fraction of sp³-hybridized carbons (Fsp3) is 1.00. The van der Waals surface area contributed by atoms with E-state index in [1.807, 2.05) is 0 Å². The van der Waals surface area contributed by atoms with Crippen LogP contribution in [-0.4, -0.2) is 40.9 Å². The largest absolute Gasteiger partial charge is 0.328 e. The fourth-order valence-corrected chi connectivity index (χ4v) is 1.04. The number of nitrogens with zero attached hydrogens (tertiary/aromatic N) is 1. The van der Waals surface area contributed by atoms with Gasteiger partial charge in [0.1, 0.15) is 0 Å². The summed E-state index contributed by atoms with van der Waals surface area (Å²) in [5.41, 5.74) is 0. The molecule has 0 aliphatic carbocycles. The molecule has 0 fully saturated rings. The second-order valence-electron chi connectivity index (χ2n) is 2.11. The van der Waals surface area contributed by atoms with Crippen LogP contribution >= 0.6 is 8.60 Å². The van der Waals surface area contributed by atoms with Gasteiger partial charge in [0.05, 0.1) is 6.61 Å². The van der Waals surface area contributed by atoms with Crippen LogP contribution in [0.4, 0.5) is 0 Å². The lowest BCUT2D eigenvalue weighted by atomic mass is 10.5. The van der Waals surface area contributed by atoms with E-state index >= 15 is 0 Å². The lowest BCUT2D eigenvalue weighted by Crippen LogP contribution is -2.26. The van der Waals surface area contributed by atoms with E-state index in [4.69, 9.17) is 9.79 Å². The van der Waals surface area contributed by atoms with E-state index in [9.17, 15) is 0 Å². The van der Waals surface area contributed by atoms with Crippen LogP contribution in [0.15, 0.2) is 0 Å². The smallest absolute Gasteiger partial charge is 0.327 e. The van der Waals surface area contributed by atoms with Crippen molar-refractivity contribution in [3.8, 4) is 0 Å². The Morgan fingerprint density at radius 1 is 1.27 bits per heavy atom. The van der Waals surface area contributed by atoms with Gasteiger partial charge in [0, 0.05) is 6.54 Å². The molecule has 0 spiro atoms. The Morgan fingerprint density at radius 3 is 2.18 bits per heavy atom. The van der Waals surface area contributed by atoms with Gasteiger partial charge < -0.3 is 19.2 Å². The van der Waals surface area contributed by atoms with Gasteiger partial charge in [-0.1, -0.05) is 13.8 Å². The Kier molecular flexibility index (Phi) is 7.12. The van der Waals surface area contributed by atoms with E-state index in [0.29, 0.717) is 6.61 Å². The van der Waals surface area contributed by atoms with Gasteiger partial charge in [-0.25, -0.2) is 0 Å². The number of rotatable bonds is 6. The van der Waals surface area contributed by atoms with Crippen molar-refractivity contribution in [3.63, 3.8) is 0 Å². The third-order valence-electron chi connectivity index (χ3n) is 1.51. The van der Waals surface area contributed by atoms with E-state index in [2.05, 4.69) is 23.3 Å². The second kappa shape index (κ2) is 6.95. The second-order valence-corrected chi connectivity index (χ2v) is 2.88. The van der Waals surface area contributed by atoms with E-state index in [1.165, 1.54) is 0 Å². The van der Waals surface area contributed by atoms with Crippen LogP contribution in [0.1, 0.15) is 13.8 Å². The van der Waals surface area contributed by atoms with Gasteiger partial charge in [-0.05, 0) is 13.1 Å². The molecule has 0 aliphatic heterocycles. The maximum Gasteiger partial charge on any atom is 0.327 e. The van der Waals surface area contributed by atoms with Crippen molar-refractivity contribution < 1.29 is 14.3 Å². The van der Waals surface area contributed by atoms with E-state index in [-0.39, 0.29) is 0 Å². The van der Waals surface area contributed by atoms with Crippen LogP contribution in [0, 0.1) is 0 Å². The maximum absolute atomic E-state index is 8.39. The molecule has 0 aromatic carbocycles. The highest BCUT2D eigenvalue weighted by Crippen LogP contribution is 2.23. The first-order valence-corrected chi connectivity index (χ1v) is 4.90. The van der Waals surface area contributed by atoms with Crippen LogP contribution in [0.25, 0.3) is 0 Å². The molecule has 0 heterocycles.